The second-order valence-corrected chi connectivity index (χ2v) is 6.08. The van der Waals surface area contributed by atoms with Crippen LogP contribution in [0.1, 0.15) is 19.4 Å². The highest BCUT2D eigenvalue weighted by Gasteiger charge is 2.13. The molecule has 2 aromatic rings. The maximum atomic E-state index is 10.8. The number of aromatic nitrogens is 2. The van der Waals surface area contributed by atoms with Gasteiger partial charge in [-0.25, -0.2) is 4.98 Å². The SMILES string of the molecule is Cc1ccc2c(c1)nc(SCC(=O)O)n2CCOC(C)C. The van der Waals surface area contributed by atoms with Crippen molar-refractivity contribution in [3.8, 4) is 0 Å². The number of carbonyl (C=O) groups is 1. The lowest BCUT2D eigenvalue weighted by Crippen LogP contribution is -2.11. The minimum atomic E-state index is -0.840. The maximum Gasteiger partial charge on any atom is 0.313 e. The summed E-state index contributed by atoms with van der Waals surface area (Å²) in [5, 5.41) is 9.58. The third-order valence-electron chi connectivity index (χ3n) is 2.96. The van der Waals surface area contributed by atoms with Crippen LogP contribution in [0.2, 0.25) is 0 Å². The van der Waals surface area contributed by atoms with Crippen LogP contribution in [0.15, 0.2) is 23.4 Å². The highest BCUT2D eigenvalue weighted by molar-refractivity contribution is 7.99. The maximum absolute atomic E-state index is 10.8. The number of aliphatic carboxylic acids is 1. The molecular formula is C15H20N2O3S. The fraction of sp³-hybridized carbons (Fsp3) is 0.467. The van der Waals surface area contributed by atoms with Gasteiger partial charge in [-0.3, -0.25) is 4.79 Å². The largest absolute Gasteiger partial charge is 0.481 e. The molecule has 0 atom stereocenters. The van der Waals surface area contributed by atoms with Crippen LogP contribution in [0.5, 0.6) is 0 Å². The number of ether oxygens (including phenoxy) is 1. The lowest BCUT2D eigenvalue weighted by molar-refractivity contribution is -0.133. The van der Waals surface area contributed by atoms with Crippen molar-refractivity contribution in [1.82, 2.24) is 9.55 Å². The number of carboxylic acid groups (broad SMARTS) is 1. The van der Waals surface area contributed by atoms with Crippen LogP contribution >= 0.6 is 11.8 Å². The Hall–Kier alpha value is -1.53. The van der Waals surface area contributed by atoms with Crippen LogP contribution in [-0.4, -0.2) is 39.1 Å². The second-order valence-electron chi connectivity index (χ2n) is 5.14. The van der Waals surface area contributed by atoms with Crippen molar-refractivity contribution in [3.05, 3.63) is 23.8 Å². The molecule has 6 heteroatoms. The number of fused-ring (bicyclic) bond motifs is 1. The molecule has 0 bridgehead atoms. The molecule has 1 aromatic heterocycles. The van der Waals surface area contributed by atoms with Crippen LogP contribution in [0.4, 0.5) is 0 Å². The Morgan fingerprint density at radius 3 is 2.90 bits per heavy atom. The first-order valence-electron chi connectivity index (χ1n) is 6.90. The van der Waals surface area contributed by atoms with Gasteiger partial charge >= 0.3 is 5.97 Å². The number of carboxylic acids is 1. The van der Waals surface area contributed by atoms with E-state index < -0.39 is 5.97 Å². The number of hydrogen-bond acceptors (Lipinski definition) is 4. The third-order valence-corrected chi connectivity index (χ3v) is 3.92. The summed E-state index contributed by atoms with van der Waals surface area (Å²) < 4.78 is 7.63. The van der Waals surface area contributed by atoms with Crippen molar-refractivity contribution in [3.63, 3.8) is 0 Å². The quantitative estimate of drug-likeness (QED) is 0.797. The van der Waals surface area contributed by atoms with Crippen molar-refractivity contribution in [2.45, 2.75) is 38.6 Å². The molecule has 0 radical (unpaired) electrons. The Bertz CT molecular complexity index is 637. The number of rotatable bonds is 7. The number of thioether (sulfide) groups is 1. The first-order chi connectivity index (χ1) is 9.97. The molecule has 0 amide bonds. The summed E-state index contributed by atoms with van der Waals surface area (Å²) in [4.78, 5) is 15.3. The zero-order valence-electron chi connectivity index (χ0n) is 12.5. The average Bonchev–Trinajstić information content (AvgIpc) is 2.73. The van der Waals surface area contributed by atoms with Crippen molar-refractivity contribution in [2.24, 2.45) is 0 Å². The smallest absolute Gasteiger partial charge is 0.313 e. The van der Waals surface area contributed by atoms with E-state index in [4.69, 9.17) is 9.84 Å². The molecule has 1 N–H and O–H groups in total. The van der Waals surface area contributed by atoms with Gasteiger partial charge in [-0.05, 0) is 38.5 Å². The molecule has 1 heterocycles. The Morgan fingerprint density at radius 1 is 1.48 bits per heavy atom. The minimum absolute atomic E-state index is 0.00728. The van der Waals surface area contributed by atoms with E-state index in [0.29, 0.717) is 13.2 Å². The highest BCUT2D eigenvalue weighted by Crippen LogP contribution is 2.24. The summed E-state index contributed by atoms with van der Waals surface area (Å²) in [5.74, 6) is -0.832. The lowest BCUT2D eigenvalue weighted by Gasteiger charge is -2.11. The molecule has 0 aliphatic carbocycles. The zero-order valence-corrected chi connectivity index (χ0v) is 13.3. The van der Waals surface area contributed by atoms with E-state index in [1.807, 2.05) is 43.5 Å². The van der Waals surface area contributed by atoms with E-state index in [0.717, 1.165) is 21.8 Å². The number of aryl methyl sites for hydroxylation is 1. The first kappa shape index (κ1) is 15.9. The molecule has 0 aliphatic heterocycles. The zero-order chi connectivity index (χ0) is 15.4. The Labute approximate surface area is 128 Å². The van der Waals surface area contributed by atoms with Crippen LogP contribution in [0.25, 0.3) is 11.0 Å². The van der Waals surface area contributed by atoms with Gasteiger partial charge in [0.25, 0.3) is 0 Å². The van der Waals surface area contributed by atoms with Crippen LogP contribution in [0, 0.1) is 6.92 Å². The summed E-state index contributed by atoms with van der Waals surface area (Å²) in [7, 11) is 0. The van der Waals surface area contributed by atoms with Gasteiger partial charge in [0, 0.05) is 6.54 Å². The van der Waals surface area contributed by atoms with E-state index in [1.54, 1.807) is 0 Å². The van der Waals surface area contributed by atoms with Crippen molar-refractivity contribution >= 4 is 28.8 Å². The molecule has 0 saturated carbocycles. The van der Waals surface area contributed by atoms with Gasteiger partial charge in [0.1, 0.15) is 0 Å². The number of imidazole rings is 1. The van der Waals surface area contributed by atoms with Crippen LogP contribution in [-0.2, 0) is 16.1 Å². The molecule has 21 heavy (non-hydrogen) atoms. The molecule has 1 aromatic carbocycles. The monoisotopic (exact) mass is 308 g/mol. The Morgan fingerprint density at radius 2 is 2.24 bits per heavy atom. The Kier molecular flexibility index (Phi) is 5.25. The van der Waals surface area contributed by atoms with Crippen LogP contribution in [0.3, 0.4) is 0 Å². The summed E-state index contributed by atoms with van der Waals surface area (Å²) in [6.45, 7) is 7.26. The molecule has 0 aliphatic rings. The predicted octanol–water partition coefficient (Wildman–Crippen LogP) is 2.95. The number of hydrogen-bond donors (Lipinski definition) is 1. The van der Waals surface area contributed by atoms with Gasteiger partial charge in [0.2, 0.25) is 0 Å². The molecule has 0 spiro atoms. The van der Waals surface area contributed by atoms with Crippen LogP contribution < -0.4 is 0 Å². The van der Waals surface area contributed by atoms with Gasteiger partial charge in [-0.15, -0.1) is 0 Å². The number of nitrogens with zero attached hydrogens (tertiary/aromatic N) is 2. The predicted molar refractivity (Wildman–Crippen MR) is 83.9 cm³/mol. The highest BCUT2D eigenvalue weighted by atomic mass is 32.2. The van der Waals surface area contributed by atoms with Crippen molar-refractivity contribution in [1.29, 1.82) is 0 Å². The second kappa shape index (κ2) is 6.95. The van der Waals surface area contributed by atoms with Gasteiger partial charge < -0.3 is 14.4 Å². The summed E-state index contributed by atoms with van der Waals surface area (Å²) >= 11 is 1.24. The molecular weight excluding hydrogens is 288 g/mol. The van der Waals surface area contributed by atoms with Gasteiger partial charge in [0.15, 0.2) is 5.16 Å². The third kappa shape index (κ3) is 4.22. The number of benzene rings is 1. The Balaban J connectivity index is 2.27. The molecule has 0 unspecified atom stereocenters. The van der Waals surface area contributed by atoms with Gasteiger partial charge in [0.05, 0.1) is 29.5 Å². The fourth-order valence-electron chi connectivity index (χ4n) is 2.05. The van der Waals surface area contributed by atoms with Gasteiger partial charge in [-0.1, -0.05) is 17.8 Å². The van der Waals surface area contributed by atoms with E-state index in [1.165, 1.54) is 11.8 Å². The average molecular weight is 308 g/mol. The molecule has 2 rings (SSSR count). The fourth-order valence-corrected chi connectivity index (χ4v) is 2.81. The van der Waals surface area contributed by atoms with Crippen molar-refractivity contribution in [2.75, 3.05) is 12.4 Å². The standard InChI is InChI=1S/C15H20N2O3S/c1-10(2)20-7-6-17-13-5-4-11(3)8-12(13)16-15(17)21-9-14(18)19/h4-5,8,10H,6-7,9H2,1-3H3,(H,18,19). The molecule has 0 fully saturated rings. The normalized spacial score (nSPS) is 11.4. The van der Waals surface area contributed by atoms with E-state index in [9.17, 15) is 4.79 Å². The topological polar surface area (TPSA) is 64.3 Å². The van der Waals surface area contributed by atoms with Crippen molar-refractivity contribution < 1.29 is 14.6 Å². The first-order valence-corrected chi connectivity index (χ1v) is 7.89. The van der Waals surface area contributed by atoms with E-state index >= 15 is 0 Å². The van der Waals surface area contributed by atoms with E-state index in [-0.39, 0.29) is 11.9 Å². The summed E-state index contributed by atoms with van der Waals surface area (Å²) in [6.07, 6.45) is 0.178. The molecule has 0 saturated heterocycles. The minimum Gasteiger partial charge on any atom is -0.481 e. The molecule has 114 valence electrons. The molecule has 5 nitrogen and oxygen atoms in total. The lowest BCUT2D eigenvalue weighted by atomic mass is 10.2. The van der Waals surface area contributed by atoms with Gasteiger partial charge in [-0.2, -0.15) is 0 Å². The van der Waals surface area contributed by atoms with E-state index in [2.05, 4.69) is 4.98 Å². The summed E-state index contributed by atoms with van der Waals surface area (Å²) in [6, 6.07) is 6.08. The summed E-state index contributed by atoms with van der Waals surface area (Å²) in [5.41, 5.74) is 3.05.